The lowest BCUT2D eigenvalue weighted by atomic mass is 10.1. The molecule has 26 heavy (non-hydrogen) atoms. The largest absolute Gasteiger partial charge is 0.300 e. The maximum absolute atomic E-state index is 14.0. The summed E-state index contributed by atoms with van der Waals surface area (Å²) in [6.45, 7) is 0. The summed E-state index contributed by atoms with van der Waals surface area (Å²) >= 11 is 10.3. The first-order valence-corrected chi connectivity index (χ1v) is 9.71. The van der Waals surface area contributed by atoms with Crippen LogP contribution in [0.15, 0.2) is 34.9 Å². The highest BCUT2D eigenvalue weighted by Gasteiger charge is 2.29. The number of nitrogens with one attached hydrogen (secondary N) is 1. The molecule has 1 unspecified atom stereocenters. The van der Waals surface area contributed by atoms with E-state index in [4.69, 9.17) is 11.6 Å². The Morgan fingerprint density at radius 3 is 2.96 bits per heavy atom. The number of carbonyl (C=O) groups excluding carboxylic acids is 1. The van der Waals surface area contributed by atoms with Gasteiger partial charge in [0, 0.05) is 39.3 Å². The van der Waals surface area contributed by atoms with Crippen molar-refractivity contribution in [2.75, 3.05) is 5.32 Å². The van der Waals surface area contributed by atoms with Crippen LogP contribution in [0.3, 0.4) is 0 Å². The van der Waals surface area contributed by atoms with E-state index >= 15 is 0 Å². The number of hydrogen-bond acceptors (Lipinski definition) is 5. The second kappa shape index (κ2) is 7.02. The summed E-state index contributed by atoms with van der Waals surface area (Å²) in [7, 11) is 0. The van der Waals surface area contributed by atoms with Crippen molar-refractivity contribution in [3.8, 4) is 10.6 Å². The van der Waals surface area contributed by atoms with Crippen molar-refractivity contribution in [1.82, 2.24) is 15.2 Å². The molecule has 2 heterocycles. The molecule has 0 aliphatic heterocycles. The van der Waals surface area contributed by atoms with Gasteiger partial charge in [-0.2, -0.15) is 0 Å². The van der Waals surface area contributed by atoms with Crippen molar-refractivity contribution in [3.63, 3.8) is 0 Å². The fourth-order valence-electron chi connectivity index (χ4n) is 2.88. The second-order valence-electron chi connectivity index (χ2n) is 5.89. The van der Waals surface area contributed by atoms with E-state index in [9.17, 15) is 9.18 Å². The Labute approximate surface area is 165 Å². The zero-order chi connectivity index (χ0) is 18.3. The minimum atomic E-state index is -0.477. The Morgan fingerprint density at radius 2 is 2.15 bits per heavy atom. The first-order valence-electron chi connectivity index (χ1n) is 7.72. The highest BCUT2D eigenvalue weighted by Crippen LogP contribution is 2.31. The standard InChI is InChI=1S/C17H11BrClFN4OS/c18-10-4-8-3-9(5-14(8)21-7-10)15(25)22-17-24-23-16(26-17)12-2-1-11(19)6-13(12)20/h1-2,4,6-7,9H,3,5H2,(H,22,24,25). The maximum Gasteiger partial charge on any atom is 0.230 e. The van der Waals surface area contributed by atoms with E-state index in [2.05, 4.69) is 36.4 Å². The number of pyridine rings is 1. The Balaban J connectivity index is 1.47. The molecule has 5 nitrogen and oxygen atoms in total. The van der Waals surface area contributed by atoms with Gasteiger partial charge in [0.15, 0.2) is 5.01 Å². The SMILES string of the molecule is O=C(Nc1nnc(-c2ccc(Cl)cc2F)s1)C1Cc2cc(Br)cnc2C1. The molecule has 9 heteroatoms. The molecule has 0 saturated carbocycles. The molecule has 0 saturated heterocycles. The van der Waals surface area contributed by atoms with Gasteiger partial charge >= 0.3 is 0 Å². The monoisotopic (exact) mass is 452 g/mol. The number of halogens is 3. The van der Waals surface area contributed by atoms with Gasteiger partial charge in [0.2, 0.25) is 11.0 Å². The van der Waals surface area contributed by atoms with Crippen molar-refractivity contribution in [2.45, 2.75) is 12.8 Å². The number of rotatable bonds is 3. The lowest BCUT2D eigenvalue weighted by molar-refractivity contribution is -0.119. The molecule has 1 aromatic carbocycles. The van der Waals surface area contributed by atoms with E-state index in [1.807, 2.05) is 6.07 Å². The van der Waals surface area contributed by atoms with Crippen LogP contribution in [-0.4, -0.2) is 21.1 Å². The summed E-state index contributed by atoms with van der Waals surface area (Å²) in [5, 5.41) is 11.7. The average Bonchev–Trinajstić information content (AvgIpc) is 3.21. The van der Waals surface area contributed by atoms with Crippen LogP contribution in [0.5, 0.6) is 0 Å². The number of benzene rings is 1. The van der Waals surface area contributed by atoms with Crippen molar-refractivity contribution in [1.29, 1.82) is 0 Å². The molecule has 4 rings (SSSR count). The van der Waals surface area contributed by atoms with Crippen LogP contribution in [0.2, 0.25) is 5.02 Å². The van der Waals surface area contributed by atoms with Gasteiger partial charge < -0.3 is 5.32 Å². The molecule has 1 N–H and O–H groups in total. The van der Waals surface area contributed by atoms with E-state index < -0.39 is 5.82 Å². The van der Waals surface area contributed by atoms with Crippen LogP contribution >= 0.6 is 38.9 Å². The predicted octanol–water partition coefficient (Wildman–Crippen LogP) is 4.51. The smallest absolute Gasteiger partial charge is 0.230 e. The quantitative estimate of drug-likeness (QED) is 0.634. The molecular formula is C17H11BrClFN4OS. The zero-order valence-electron chi connectivity index (χ0n) is 13.2. The molecule has 2 aromatic heterocycles. The number of anilines is 1. The van der Waals surface area contributed by atoms with Crippen molar-refractivity contribution in [3.05, 3.63) is 57.0 Å². The summed E-state index contributed by atoms with van der Waals surface area (Å²) in [6.07, 6.45) is 2.95. The lowest BCUT2D eigenvalue weighted by Crippen LogP contribution is -2.23. The van der Waals surface area contributed by atoms with Crippen LogP contribution in [0.4, 0.5) is 9.52 Å². The number of hydrogen-bond donors (Lipinski definition) is 1. The van der Waals surface area contributed by atoms with E-state index in [0.29, 0.717) is 33.6 Å². The van der Waals surface area contributed by atoms with Gasteiger partial charge in [0.25, 0.3) is 0 Å². The van der Waals surface area contributed by atoms with E-state index in [1.165, 1.54) is 6.07 Å². The fourth-order valence-corrected chi connectivity index (χ4v) is 4.19. The number of amides is 1. The molecule has 0 spiro atoms. The summed E-state index contributed by atoms with van der Waals surface area (Å²) in [6, 6.07) is 6.33. The summed E-state index contributed by atoms with van der Waals surface area (Å²) in [4.78, 5) is 16.9. The third kappa shape index (κ3) is 3.49. The highest BCUT2D eigenvalue weighted by atomic mass is 79.9. The van der Waals surface area contributed by atoms with Crippen LogP contribution in [0, 0.1) is 11.7 Å². The number of aromatic nitrogens is 3. The lowest BCUT2D eigenvalue weighted by Gasteiger charge is -2.07. The predicted molar refractivity (Wildman–Crippen MR) is 102 cm³/mol. The average molecular weight is 454 g/mol. The summed E-state index contributed by atoms with van der Waals surface area (Å²) in [5.74, 6) is -0.820. The molecular weight excluding hydrogens is 443 g/mol. The minimum absolute atomic E-state index is 0.140. The molecule has 0 fully saturated rings. The molecule has 1 amide bonds. The van der Waals surface area contributed by atoms with E-state index in [0.717, 1.165) is 27.1 Å². The second-order valence-corrected chi connectivity index (χ2v) is 8.22. The minimum Gasteiger partial charge on any atom is -0.300 e. The highest BCUT2D eigenvalue weighted by molar-refractivity contribution is 9.10. The van der Waals surface area contributed by atoms with Crippen molar-refractivity contribution in [2.24, 2.45) is 5.92 Å². The maximum atomic E-state index is 14.0. The first-order chi connectivity index (χ1) is 12.5. The first kappa shape index (κ1) is 17.5. The Kier molecular flexibility index (Phi) is 4.73. The molecule has 0 radical (unpaired) electrons. The Hall–Kier alpha value is -1.90. The molecule has 0 bridgehead atoms. The van der Waals surface area contributed by atoms with E-state index in [-0.39, 0.29) is 11.8 Å². The zero-order valence-corrected chi connectivity index (χ0v) is 16.3. The van der Waals surface area contributed by atoms with Gasteiger partial charge in [-0.15, -0.1) is 10.2 Å². The van der Waals surface area contributed by atoms with Crippen molar-refractivity contribution >= 4 is 49.9 Å². The van der Waals surface area contributed by atoms with Gasteiger partial charge in [-0.1, -0.05) is 22.9 Å². The molecule has 1 aliphatic carbocycles. The summed E-state index contributed by atoms with van der Waals surface area (Å²) in [5.41, 5.74) is 2.31. The van der Waals surface area contributed by atoms with E-state index in [1.54, 1.807) is 18.3 Å². The Morgan fingerprint density at radius 1 is 1.31 bits per heavy atom. The number of nitrogens with zero attached hydrogens (tertiary/aromatic N) is 3. The van der Waals surface area contributed by atoms with Gasteiger partial charge in [0.1, 0.15) is 5.82 Å². The molecule has 132 valence electrons. The summed E-state index contributed by atoms with van der Waals surface area (Å²) < 4.78 is 14.9. The number of carbonyl (C=O) groups is 1. The number of fused-ring (bicyclic) bond motifs is 1. The molecule has 1 aliphatic rings. The third-order valence-corrected chi connectivity index (χ3v) is 5.66. The molecule has 3 aromatic rings. The third-order valence-electron chi connectivity index (χ3n) is 4.12. The van der Waals surface area contributed by atoms with Crippen LogP contribution in [0.1, 0.15) is 11.3 Å². The van der Waals surface area contributed by atoms with Crippen molar-refractivity contribution < 1.29 is 9.18 Å². The van der Waals surface area contributed by atoms with Gasteiger partial charge in [-0.25, -0.2) is 4.39 Å². The van der Waals surface area contributed by atoms with Crippen LogP contribution < -0.4 is 5.32 Å². The normalized spacial score (nSPS) is 15.7. The van der Waals surface area contributed by atoms with Crippen LogP contribution in [0.25, 0.3) is 10.6 Å². The van der Waals surface area contributed by atoms with Gasteiger partial charge in [-0.05, 0) is 52.2 Å². The molecule has 1 atom stereocenters. The fraction of sp³-hybridized carbons (Fsp3) is 0.176. The van der Waals surface area contributed by atoms with Crippen LogP contribution in [-0.2, 0) is 17.6 Å². The Bertz CT molecular complexity index is 1010. The van der Waals surface area contributed by atoms with Gasteiger partial charge in [0.05, 0.1) is 0 Å². The topological polar surface area (TPSA) is 67.8 Å². The van der Waals surface area contributed by atoms with Gasteiger partial charge in [-0.3, -0.25) is 9.78 Å².